The predicted octanol–water partition coefficient (Wildman–Crippen LogP) is 3.81. The molecule has 7 heteroatoms. The highest BCUT2D eigenvalue weighted by molar-refractivity contribution is 5.90. The van der Waals surface area contributed by atoms with E-state index in [0.29, 0.717) is 29.5 Å². The summed E-state index contributed by atoms with van der Waals surface area (Å²) in [6, 6.07) is 12.6. The summed E-state index contributed by atoms with van der Waals surface area (Å²) in [5.41, 5.74) is 2.24. The monoisotopic (exact) mass is 368 g/mol. The Hall–Kier alpha value is -3.35. The van der Waals surface area contributed by atoms with Crippen molar-refractivity contribution >= 4 is 5.97 Å². The summed E-state index contributed by atoms with van der Waals surface area (Å²) in [4.78, 5) is 16.6. The average Bonchev–Trinajstić information content (AvgIpc) is 3.15. The van der Waals surface area contributed by atoms with Crippen LogP contribution in [0, 0.1) is 6.92 Å². The molecule has 0 radical (unpaired) electrons. The third kappa shape index (κ3) is 4.25. The summed E-state index contributed by atoms with van der Waals surface area (Å²) in [6.45, 7) is 4.22. The Morgan fingerprint density at radius 3 is 2.70 bits per heavy atom. The van der Waals surface area contributed by atoms with Gasteiger partial charge < -0.3 is 18.7 Å². The summed E-state index contributed by atoms with van der Waals surface area (Å²) in [6.07, 6.45) is 0. The molecule has 0 fully saturated rings. The van der Waals surface area contributed by atoms with Crippen molar-refractivity contribution in [2.75, 3.05) is 13.7 Å². The lowest BCUT2D eigenvalue weighted by molar-refractivity contribution is 0.0429. The first-order valence-electron chi connectivity index (χ1n) is 8.49. The smallest absolute Gasteiger partial charge is 0.338 e. The molecule has 3 aromatic rings. The van der Waals surface area contributed by atoms with Crippen LogP contribution in [-0.2, 0) is 11.3 Å². The number of benzene rings is 2. The quantitative estimate of drug-likeness (QED) is 0.586. The fraction of sp³-hybridized carbons (Fsp3) is 0.250. The van der Waals surface area contributed by atoms with Crippen molar-refractivity contribution in [1.29, 1.82) is 0 Å². The van der Waals surface area contributed by atoms with Gasteiger partial charge in [0, 0.05) is 5.56 Å². The van der Waals surface area contributed by atoms with Gasteiger partial charge in [0.15, 0.2) is 18.1 Å². The van der Waals surface area contributed by atoms with Gasteiger partial charge in [-0.05, 0) is 37.6 Å². The van der Waals surface area contributed by atoms with Crippen LogP contribution in [0.3, 0.4) is 0 Å². The normalized spacial score (nSPS) is 10.5. The van der Waals surface area contributed by atoms with E-state index in [2.05, 4.69) is 10.1 Å². The third-order valence-corrected chi connectivity index (χ3v) is 3.88. The Bertz CT molecular complexity index is 936. The van der Waals surface area contributed by atoms with E-state index in [0.717, 1.165) is 11.1 Å². The van der Waals surface area contributed by atoms with Crippen LogP contribution in [0.1, 0.15) is 28.7 Å². The van der Waals surface area contributed by atoms with Crippen LogP contribution in [0.15, 0.2) is 47.0 Å². The van der Waals surface area contributed by atoms with Crippen molar-refractivity contribution in [2.24, 2.45) is 0 Å². The fourth-order valence-corrected chi connectivity index (χ4v) is 2.53. The Balaban J connectivity index is 1.67. The van der Waals surface area contributed by atoms with E-state index in [1.807, 2.05) is 38.1 Å². The van der Waals surface area contributed by atoms with E-state index in [-0.39, 0.29) is 12.5 Å². The van der Waals surface area contributed by atoms with Crippen molar-refractivity contribution < 1.29 is 23.5 Å². The maximum Gasteiger partial charge on any atom is 0.338 e. The minimum absolute atomic E-state index is 0.118. The van der Waals surface area contributed by atoms with Crippen molar-refractivity contribution in [2.45, 2.75) is 20.5 Å². The molecule has 1 heterocycles. The first-order valence-corrected chi connectivity index (χ1v) is 8.49. The summed E-state index contributed by atoms with van der Waals surface area (Å²) in [5, 5.41) is 3.94. The molecular weight excluding hydrogens is 348 g/mol. The van der Waals surface area contributed by atoms with E-state index >= 15 is 0 Å². The molecule has 0 aliphatic rings. The number of methoxy groups -OCH3 is 1. The van der Waals surface area contributed by atoms with E-state index < -0.39 is 5.97 Å². The lowest BCUT2D eigenvalue weighted by atomic mass is 10.1. The molecule has 0 aliphatic heterocycles. The van der Waals surface area contributed by atoms with Crippen molar-refractivity contribution in [3.63, 3.8) is 0 Å². The summed E-state index contributed by atoms with van der Waals surface area (Å²) in [7, 11) is 1.51. The number of ether oxygens (including phenoxy) is 3. The molecule has 0 atom stereocenters. The molecule has 0 amide bonds. The predicted molar refractivity (Wildman–Crippen MR) is 97.8 cm³/mol. The van der Waals surface area contributed by atoms with Crippen molar-refractivity contribution in [3.05, 3.63) is 59.5 Å². The molecule has 0 unspecified atom stereocenters. The first kappa shape index (κ1) is 18.4. The number of aromatic nitrogens is 2. The molecular formula is C20H20N2O5. The van der Waals surface area contributed by atoms with Gasteiger partial charge in [-0.25, -0.2) is 4.79 Å². The molecule has 7 nitrogen and oxygen atoms in total. The number of hydrogen-bond donors (Lipinski definition) is 0. The minimum Gasteiger partial charge on any atom is -0.493 e. The number of esters is 1. The molecule has 27 heavy (non-hydrogen) atoms. The number of hydrogen-bond acceptors (Lipinski definition) is 7. The zero-order valence-electron chi connectivity index (χ0n) is 15.4. The highest BCUT2D eigenvalue weighted by atomic mass is 16.6. The van der Waals surface area contributed by atoms with Crippen LogP contribution in [0.25, 0.3) is 11.4 Å². The van der Waals surface area contributed by atoms with Gasteiger partial charge >= 0.3 is 5.97 Å². The zero-order valence-corrected chi connectivity index (χ0v) is 15.4. The second-order valence-corrected chi connectivity index (χ2v) is 5.70. The molecule has 2 aromatic carbocycles. The molecule has 0 N–H and O–H groups in total. The highest BCUT2D eigenvalue weighted by Gasteiger charge is 2.15. The van der Waals surface area contributed by atoms with Gasteiger partial charge in [-0.15, -0.1) is 0 Å². The van der Waals surface area contributed by atoms with Gasteiger partial charge in [-0.3, -0.25) is 0 Å². The Morgan fingerprint density at radius 1 is 1.15 bits per heavy atom. The van der Waals surface area contributed by atoms with Gasteiger partial charge in [0.25, 0.3) is 5.89 Å². The second-order valence-electron chi connectivity index (χ2n) is 5.70. The van der Waals surface area contributed by atoms with Crippen LogP contribution in [0.5, 0.6) is 11.5 Å². The SMILES string of the molecule is CCOc1ccc(C(=O)OCc2nc(-c3ccccc3C)no2)cc1OC. The van der Waals surface area contributed by atoms with Gasteiger partial charge in [-0.2, -0.15) is 4.98 Å². The zero-order chi connectivity index (χ0) is 19.2. The van der Waals surface area contributed by atoms with Gasteiger partial charge in [0.1, 0.15) is 0 Å². The molecule has 0 bridgehead atoms. The van der Waals surface area contributed by atoms with Gasteiger partial charge in [-0.1, -0.05) is 29.4 Å². The fourth-order valence-electron chi connectivity index (χ4n) is 2.53. The number of rotatable bonds is 7. The Morgan fingerprint density at radius 2 is 1.96 bits per heavy atom. The second kappa shape index (κ2) is 8.35. The van der Waals surface area contributed by atoms with Crippen LogP contribution in [0.4, 0.5) is 0 Å². The molecule has 1 aromatic heterocycles. The molecule has 0 spiro atoms. The summed E-state index contributed by atoms with van der Waals surface area (Å²) in [5.74, 6) is 1.19. The number of nitrogens with zero attached hydrogens (tertiary/aromatic N) is 2. The van der Waals surface area contributed by atoms with Gasteiger partial charge in [0.2, 0.25) is 5.82 Å². The van der Waals surface area contributed by atoms with E-state index in [4.69, 9.17) is 18.7 Å². The minimum atomic E-state index is -0.521. The van der Waals surface area contributed by atoms with Crippen LogP contribution >= 0.6 is 0 Å². The topological polar surface area (TPSA) is 83.7 Å². The third-order valence-electron chi connectivity index (χ3n) is 3.88. The highest BCUT2D eigenvalue weighted by Crippen LogP contribution is 2.28. The molecule has 3 rings (SSSR count). The van der Waals surface area contributed by atoms with Crippen LogP contribution < -0.4 is 9.47 Å². The lowest BCUT2D eigenvalue weighted by Crippen LogP contribution is -2.06. The lowest BCUT2D eigenvalue weighted by Gasteiger charge is -2.10. The maximum atomic E-state index is 12.3. The van der Waals surface area contributed by atoms with E-state index in [1.54, 1.807) is 18.2 Å². The van der Waals surface area contributed by atoms with Crippen LogP contribution in [0.2, 0.25) is 0 Å². The largest absolute Gasteiger partial charge is 0.493 e. The maximum absolute atomic E-state index is 12.3. The Labute approximate surface area is 156 Å². The molecule has 140 valence electrons. The van der Waals surface area contributed by atoms with E-state index in [9.17, 15) is 4.79 Å². The van der Waals surface area contributed by atoms with Crippen molar-refractivity contribution in [1.82, 2.24) is 10.1 Å². The number of aryl methyl sites for hydroxylation is 1. The van der Waals surface area contributed by atoms with Gasteiger partial charge in [0.05, 0.1) is 19.3 Å². The summed E-state index contributed by atoms with van der Waals surface area (Å²) < 4.78 is 21.1. The Kier molecular flexibility index (Phi) is 5.71. The number of carbonyl (C=O) groups excluding carboxylic acids is 1. The first-order chi connectivity index (χ1) is 13.1. The summed E-state index contributed by atoms with van der Waals surface area (Å²) >= 11 is 0. The standard InChI is InChI=1S/C20H20N2O5/c1-4-25-16-10-9-14(11-17(16)24-3)20(23)26-12-18-21-19(22-27-18)15-8-6-5-7-13(15)2/h5-11H,4,12H2,1-3H3. The molecule has 0 aliphatic carbocycles. The molecule has 0 saturated carbocycles. The van der Waals surface area contributed by atoms with Crippen LogP contribution in [-0.4, -0.2) is 29.8 Å². The van der Waals surface area contributed by atoms with Crippen molar-refractivity contribution in [3.8, 4) is 22.9 Å². The molecule has 0 saturated heterocycles. The number of carbonyl (C=O) groups is 1. The average molecular weight is 368 g/mol. The van der Waals surface area contributed by atoms with E-state index in [1.165, 1.54) is 7.11 Å².